The van der Waals surface area contributed by atoms with Crippen LogP contribution < -0.4 is 16.4 Å². The molecule has 8 N–H and O–H groups in total. The average Bonchev–Trinajstić information content (AvgIpc) is 2.72. The third-order valence-electron chi connectivity index (χ3n) is 5.28. The predicted octanol–water partition coefficient (Wildman–Crippen LogP) is 0.933. The third kappa shape index (κ3) is 4.84. The van der Waals surface area contributed by atoms with Crippen LogP contribution in [-0.4, -0.2) is 52.4 Å². The van der Waals surface area contributed by atoms with E-state index in [4.69, 9.17) is 11.1 Å². The number of carbonyl (C=O) groups is 2. The van der Waals surface area contributed by atoms with Crippen molar-refractivity contribution in [2.45, 2.75) is 13.8 Å². The summed E-state index contributed by atoms with van der Waals surface area (Å²) in [6, 6.07) is 9.05. The minimum absolute atomic E-state index is 0.0209. The van der Waals surface area contributed by atoms with Crippen molar-refractivity contribution in [3.8, 4) is 11.5 Å². The zero-order valence-electron chi connectivity index (χ0n) is 17.4. The van der Waals surface area contributed by atoms with Gasteiger partial charge in [-0.1, -0.05) is 12.1 Å². The first-order valence-corrected chi connectivity index (χ1v) is 9.78. The van der Waals surface area contributed by atoms with E-state index in [2.05, 4.69) is 5.32 Å². The lowest BCUT2D eigenvalue weighted by molar-refractivity contribution is -0.615. The van der Waals surface area contributed by atoms with E-state index in [-0.39, 0.29) is 29.3 Å². The average molecular weight is 424 g/mol. The van der Waals surface area contributed by atoms with Crippen molar-refractivity contribution in [2.24, 2.45) is 5.73 Å². The number of primary amides is 1. The molecule has 1 heterocycles. The Kier molecular flexibility index (Phi) is 6.26. The maximum absolute atomic E-state index is 12.7. The van der Waals surface area contributed by atoms with E-state index in [1.807, 2.05) is 31.3 Å². The molecule has 0 saturated carbocycles. The van der Waals surface area contributed by atoms with E-state index in [1.54, 1.807) is 6.07 Å². The number of piperazine rings is 1. The lowest BCUT2D eigenvalue weighted by Crippen LogP contribution is -2.88. The van der Waals surface area contributed by atoms with Crippen LogP contribution in [0.4, 0.5) is 10.5 Å². The summed E-state index contributed by atoms with van der Waals surface area (Å²) in [6.45, 7) is 4.93. The van der Waals surface area contributed by atoms with Gasteiger partial charge in [-0.05, 0) is 43.2 Å². The Bertz CT molecular complexity index is 1090. The molecule has 3 amide bonds. The van der Waals surface area contributed by atoms with Crippen LogP contribution in [-0.2, 0) is 4.79 Å². The van der Waals surface area contributed by atoms with Gasteiger partial charge in [0.05, 0.1) is 25.3 Å². The van der Waals surface area contributed by atoms with Crippen molar-refractivity contribution in [3.05, 3.63) is 64.4 Å². The summed E-state index contributed by atoms with van der Waals surface area (Å²) in [5, 5.41) is 32.1. The van der Waals surface area contributed by atoms with Crippen LogP contribution in [0.15, 0.2) is 47.7 Å². The maximum atomic E-state index is 12.7. The molecule has 9 nitrogen and oxygen atoms in total. The van der Waals surface area contributed by atoms with Crippen LogP contribution in [0.5, 0.6) is 11.5 Å². The summed E-state index contributed by atoms with van der Waals surface area (Å²) < 4.78 is 0. The fourth-order valence-corrected chi connectivity index (χ4v) is 3.39. The van der Waals surface area contributed by atoms with E-state index in [0.29, 0.717) is 30.0 Å². The van der Waals surface area contributed by atoms with Crippen molar-refractivity contribution in [2.75, 3.05) is 25.0 Å². The molecule has 0 aliphatic carbocycles. The number of phenols is 2. The molecule has 0 bridgehead atoms. The minimum Gasteiger partial charge on any atom is -0.504 e. The van der Waals surface area contributed by atoms with Gasteiger partial charge in [-0.2, -0.15) is 0 Å². The number of rotatable bonds is 4. The van der Waals surface area contributed by atoms with E-state index >= 15 is 0 Å². The normalized spacial score (nSPS) is 15.4. The Morgan fingerprint density at radius 1 is 1.10 bits per heavy atom. The number of amides is 3. The first-order chi connectivity index (χ1) is 14.7. The number of benzene rings is 2. The van der Waals surface area contributed by atoms with Crippen molar-refractivity contribution < 1.29 is 25.1 Å². The van der Waals surface area contributed by atoms with Crippen molar-refractivity contribution in [3.63, 3.8) is 0 Å². The van der Waals surface area contributed by atoms with Crippen molar-refractivity contribution >= 4 is 23.3 Å². The Morgan fingerprint density at radius 3 is 2.48 bits per heavy atom. The molecule has 3 rings (SSSR count). The molecule has 1 aliphatic rings. The van der Waals surface area contributed by atoms with Crippen LogP contribution >= 0.6 is 0 Å². The topological polar surface area (TPSA) is 156 Å². The highest BCUT2D eigenvalue weighted by molar-refractivity contribution is 6.26. The molecule has 162 valence electrons. The molecule has 0 aromatic heterocycles. The second kappa shape index (κ2) is 8.88. The zero-order chi connectivity index (χ0) is 22.7. The van der Waals surface area contributed by atoms with Crippen LogP contribution in [0.25, 0.3) is 0 Å². The molecular formula is C22H26N5O4+. The Balaban J connectivity index is 1.84. The molecule has 0 atom stereocenters. The summed E-state index contributed by atoms with van der Waals surface area (Å²) in [4.78, 5) is 26.4. The van der Waals surface area contributed by atoms with Gasteiger partial charge in [0.2, 0.25) is 0 Å². The van der Waals surface area contributed by atoms with Gasteiger partial charge in [0.25, 0.3) is 5.91 Å². The van der Waals surface area contributed by atoms with Gasteiger partial charge in [-0.3, -0.25) is 10.2 Å². The van der Waals surface area contributed by atoms with E-state index in [1.165, 1.54) is 23.1 Å². The highest BCUT2D eigenvalue weighted by Crippen LogP contribution is 2.27. The summed E-state index contributed by atoms with van der Waals surface area (Å²) in [7, 11) is 0. The number of carbonyl (C=O) groups excluding carboxylic acids is 2. The smallest absolute Gasteiger partial charge is 0.322 e. The zero-order valence-corrected chi connectivity index (χ0v) is 17.4. The van der Waals surface area contributed by atoms with Gasteiger partial charge < -0.3 is 31.5 Å². The SMILES string of the molecule is Cc1ccc(C(=N)/C(C(N)=O)=C2/CN(C(=O)Nc3ccc(O)c(O)c3)CC[NH2+]2)cc1C. The summed E-state index contributed by atoms with van der Waals surface area (Å²) >= 11 is 0. The number of phenolic OH excluding ortho intramolecular Hbond substituents is 2. The van der Waals surface area contributed by atoms with E-state index < -0.39 is 11.9 Å². The summed E-state index contributed by atoms with van der Waals surface area (Å²) in [5.41, 5.74) is 9.23. The maximum Gasteiger partial charge on any atom is 0.322 e. The first-order valence-electron chi connectivity index (χ1n) is 9.78. The molecule has 0 radical (unpaired) electrons. The van der Waals surface area contributed by atoms with Crippen LogP contribution in [0.1, 0.15) is 16.7 Å². The van der Waals surface area contributed by atoms with Gasteiger partial charge in [0.15, 0.2) is 11.5 Å². The van der Waals surface area contributed by atoms with Crippen LogP contribution in [0, 0.1) is 19.3 Å². The Morgan fingerprint density at radius 2 is 1.84 bits per heavy atom. The number of aryl methyl sites for hydroxylation is 2. The molecule has 2 aromatic carbocycles. The van der Waals surface area contributed by atoms with Crippen molar-refractivity contribution in [1.29, 1.82) is 5.41 Å². The number of hydrogen-bond donors (Lipinski definition) is 6. The lowest BCUT2D eigenvalue weighted by atomic mass is 9.96. The molecule has 0 spiro atoms. The van der Waals surface area contributed by atoms with Crippen molar-refractivity contribution in [1.82, 2.24) is 4.90 Å². The highest BCUT2D eigenvalue weighted by Gasteiger charge is 2.29. The molecular weight excluding hydrogens is 398 g/mol. The van der Waals surface area contributed by atoms with E-state index in [9.17, 15) is 19.8 Å². The summed E-state index contributed by atoms with van der Waals surface area (Å²) in [5.74, 6) is -1.35. The van der Waals surface area contributed by atoms with Gasteiger partial charge in [0.1, 0.15) is 11.3 Å². The number of nitrogens with one attached hydrogen (secondary N) is 2. The monoisotopic (exact) mass is 424 g/mol. The molecule has 0 unspecified atom stereocenters. The van der Waals surface area contributed by atoms with Gasteiger partial charge in [-0.15, -0.1) is 0 Å². The fraction of sp³-hybridized carbons (Fsp3) is 0.227. The summed E-state index contributed by atoms with van der Waals surface area (Å²) in [6.07, 6.45) is 0. The van der Waals surface area contributed by atoms with E-state index in [0.717, 1.165) is 11.1 Å². The number of quaternary nitrogens is 1. The molecule has 9 heteroatoms. The minimum atomic E-state index is -0.722. The predicted molar refractivity (Wildman–Crippen MR) is 116 cm³/mol. The van der Waals surface area contributed by atoms with Gasteiger partial charge in [-0.25, -0.2) is 4.79 Å². The lowest BCUT2D eigenvalue weighted by Gasteiger charge is -2.28. The Hall–Kier alpha value is -3.85. The fourth-order valence-electron chi connectivity index (χ4n) is 3.39. The standard InChI is InChI=1S/C22H25N5O4/c1-12-3-4-14(9-13(12)2)20(23)19(21(24)30)16-11-27(8-7-25-16)22(31)26-15-5-6-17(28)18(29)10-15/h3-6,9-10,23,25,28-29H,7-8,11H2,1-2H3,(H2,24,30)(H,26,31)/p+1/b19-16+,23-20?. The quantitative estimate of drug-likeness (QED) is 0.187. The molecule has 1 saturated heterocycles. The third-order valence-corrected chi connectivity index (χ3v) is 5.28. The number of urea groups is 1. The molecule has 1 aliphatic heterocycles. The largest absolute Gasteiger partial charge is 0.504 e. The van der Waals surface area contributed by atoms with Crippen LogP contribution in [0.3, 0.4) is 0 Å². The second-order valence-corrected chi connectivity index (χ2v) is 7.49. The molecule has 31 heavy (non-hydrogen) atoms. The van der Waals surface area contributed by atoms with Crippen LogP contribution in [0.2, 0.25) is 0 Å². The molecule has 1 fully saturated rings. The number of aromatic hydroxyl groups is 2. The number of anilines is 1. The number of nitrogens with zero attached hydrogens (tertiary/aromatic N) is 1. The van der Waals surface area contributed by atoms with Gasteiger partial charge >= 0.3 is 6.03 Å². The molecule has 2 aromatic rings. The van der Waals surface area contributed by atoms with Gasteiger partial charge in [0, 0.05) is 17.3 Å². The Labute approximate surface area is 179 Å². The number of hydrogen-bond acceptors (Lipinski definition) is 5. The highest BCUT2D eigenvalue weighted by atomic mass is 16.3. The number of nitrogens with two attached hydrogens (primary N) is 2. The second-order valence-electron chi connectivity index (χ2n) is 7.49. The first kappa shape index (κ1) is 21.8.